The Morgan fingerprint density at radius 2 is 2.06 bits per heavy atom. The molecule has 0 aliphatic heterocycles. The smallest absolute Gasteiger partial charge is 0.164 e. The minimum atomic E-state index is -0.430. The average Bonchev–Trinajstić information content (AvgIpc) is 2.29. The zero-order chi connectivity index (χ0) is 11.5. The third-order valence-electron chi connectivity index (χ3n) is 2.09. The summed E-state index contributed by atoms with van der Waals surface area (Å²) in [6.07, 6.45) is 1.83. The van der Waals surface area contributed by atoms with E-state index in [1.54, 1.807) is 18.2 Å². The second-order valence-electron chi connectivity index (χ2n) is 3.13. The number of rotatable bonds is 2. The fourth-order valence-electron chi connectivity index (χ4n) is 1.27. The molecular weight excluding hydrogens is 209 g/mol. The van der Waals surface area contributed by atoms with Crippen molar-refractivity contribution in [1.82, 2.24) is 9.97 Å². The van der Waals surface area contributed by atoms with Crippen molar-refractivity contribution in [2.24, 2.45) is 0 Å². The number of halogens is 1. The SMILES string of the molecule is Nc1nc(-c2ccccc2F)ncc1C=O. The van der Waals surface area contributed by atoms with Gasteiger partial charge in [0.25, 0.3) is 0 Å². The van der Waals surface area contributed by atoms with E-state index < -0.39 is 5.82 Å². The lowest BCUT2D eigenvalue weighted by atomic mass is 10.2. The number of benzene rings is 1. The molecule has 0 radical (unpaired) electrons. The summed E-state index contributed by atoms with van der Waals surface area (Å²) in [5.74, 6) is -0.217. The summed E-state index contributed by atoms with van der Waals surface area (Å²) in [7, 11) is 0. The number of hydrogen-bond acceptors (Lipinski definition) is 4. The van der Waals surface area contributed by atoms with Crippen molar-refractivity contribution in [2.45, 2.75) is 0 Å². The predicted octanol–water partition coefficient (Wildman–Crippen LogP) is 1.68. The van der Waals surface area contributed by atoms with Crippen LogP contribution in [0.2, 0.25) is 0 Å². The van der Waals surface area contributed by atoms with E-state index in [1.807, 2.05) is 0 Å². The molecule has 2 rings (SSSR count). The lowest BCUT2D eigenvalue weighted by Gasteiger charge is -2.03. The zero-order valence-corrected chi connectivity index (χ0v) is 8.22. The molecule has 0 aliphatic rings. The van der Waals surface area contributed by atoms with Crippen LogP contribution >= 0.6 is 0 Å². The molecular formula is C11H8FN3O. The molecule has 0 spiro atoms. The largest absolute Gasteiger partial charge is 0.383 e. The molecule has 2 N–H and O–H groups in total. The Balaban J connectivity index is 2.54. The molecule has 0 bridgehead atoms. The van der Waals surface area contributed by atoms with Gasteiger partial charge in [-0.1, -0.05) is 12.1 Å². The van der Waals surface area contributed by atoms with Crippen LogP contribution in [0.4, 0.5) is 10.2 Å². The van der Waals surface area contributed by atoms with Crippen molar-refractivity contribution in [3.8, 4) is 11.4 Å². The molecule has 5 heteroatoms. The van der Waals surface area contributed by atoms with Crippen LogP contribution < -0.4 is 5.73 Å². The van der Waals surface area contributed by atoms with Crippen LogP contribution in [-0.2, 0) is 0 Å². The number of carbonyl (C=O) groups excluding carboxylic acids is 1. The van der Waals surface area contributed by atoms with Crippen LogP contribution in [0, 0.1) is 5.82 Å². The summed E-state index contributed by atoms with van der Waals surface area (Å²) in [6, 6.07) is 6.10. The van der Waals surface area contributed by atoms with Gasteiger partial charge in [-0.15, -0.1) is 0 Å². The van der Waals surface area contributed by atoms with Gasteiger partial charge in [-0.25, -0.2) is 14.4 Å². The molecule has 1 aromatic heterocycles. The first kappa shape index (κ1) is 10.2. The lowest BCUT2D eigenvalue weighted by molar-refractivity contribution is 0.112. The second kappa shape index (κ2) is 4.06. The quantitative estimate of drug-likeness (QED) is 0.777. The summed E-state index contributed by atoms with van der Waals surface area (Å²) >= 11 is 0. The molecule has 0 fully saturated rings. The van der Waals surface area contributed by atoms with E-state index in [4.69, 9.17) is 5.73 Å². The van der Waals surface area contributed by atoms with E-state index in [9.17, 15) is 9.18 Å². The number of carbonyl (C=O) groups is 1. The monoisotopic (exact) mass is 217 g/mol. The second-order valence-corrected chi connectivity index (χ2v) is 3.13. The van der Waals surface area contributed by atoms with E-state index >= 15 is 0 Å². The molecule has 0 amide bonds. The highest BCUT2D eigenvalue weighted by atomic mass is 19.1. The highest BCUT2D eigenvalue weighted by molar-refractivity contribution is 5.81. The highest BCUT2D eigenvalue weighted by Gasteiger charge is 2.09. The maximum atomic E-state index is 13.4. The van der Waals surface area contributed by atoms with Gasteiger partial charge in [0.15, 0.2) is 12.1 Å². The van der Waals surface area contributed by atoms with E-state index in [0.717, 1.165) is 0 Å². The molecule has 2 aromatic rings. The molecule has 0 unspecified atom stereocenters. The summed E-state index contributed by atoms with van der Waals surface area (Å²) < 4.78 is 13.4. The van der Waals surface area contributed by atoms with Crippen molar-refractivity contribution in [2.75, 3.05) is 5.73 Å². The summed E-state index contributed by atoms with van der Waals surface area (Å²) in [6.45, 7) is 0. The van der Waals surface area contributed by atoms with Gasteiger partial charge < -0.3 is 5.73 Å². The number of anilines is 1. The Bertz CT molecular complexity index is 543. The minimum absolute atomic E-state index is 0.0447. The molecule has 0 atom stereocenters. The molecule has 4 nitrogen and oxygen atoms in total. The topological polar surface area (TPSA) is 68.9 Å². The molecule has 1 heterocycles. The Kier molecular flexibility index (Phi) is 2.59. The Labute approximate surface area is 91.0 Å². The zero-order valence-electron chi connectivity index (χ0n) is 8.22. The Morgan fingerprint density at radius 3 is 2.69 bits per heavy atom. The number of nitrogens with zero attached hydrogens (tertiary/aromatic N) is 2. The molecule has 0 aliphatic carbocycles. The first-order chi connectivity index (χ1) is 7.72. The van der Waals surface area contributed by atoms with E-state index in [1.165, 1.54) is 12.3 Å². The van der Waals surface area contributed by atoms with Gasteiger partial charge in [0, 0.05) is 6.20 Å². The van der Waals surface area contributed by atoms with Gasteiger partial charge in [-0.3, -0.25) is 4.79 Å². The number of aromatic nitrogens is 2. The summed E-state index contributed by atoms with van der Waals surface area (Å²) in [5, 5.41) is 0. The first-order valence-corrected chi connectivity index (χ1v) is 4.55. The van der Waals surface area contributed by atoms with Crippen LogP contribution in [0.5, 0.6) is 0 Å². The lowest BCUT2D eigenvalue weighted by Crippen LogP contribution is -2.01. The van der Waals surface area contributed by atoms with E-state index in [0.29, 0.717) is 6.29 Å². The molecule has 80 valence electrons. The maximum Gasteiger partial charge on any atom is 0.164 e. The molecule has 0 saturated carbocycles. The van der Waals surface area contributed by atoms with Crippen LogP contribution in [0.3, 0.4) is 0 Å². The van der Waals surface area contributed by atoms with Gasteiger partial charge in [-0.2, -0.15) is 0 Å². The molecule has 1 aromatic carbocycles. The summed E-state index contributed by atoms with van der Waals surface area (Å²) in [5.41, 5.74) is 5.97. The van der Waals surface area contributed by atoms with Crippen molar-refractivity contribution >= 4 is 12.1 Å². The number of nitrogen functional groups attached to an aromatic ring is 1. The highest BCUT2D eigenvalue weighted by Crippen LogP contribution is 2.19. The maximum absolute atomic E-state index is 13.4. The van der Waals surface area contributed by atoms with Crippen LogP contribution in [0.1, 0.15) is 10.4 Å². The fourth-order valence-corrected chi connectivity index (χ4v) is 1.27. The van der Waals surface area contributed by atoms with Gasteiger partial charge in [0.2, 0.25) is 0 Å². The van der Waals surface area contributed by atoms with Crippen molar-refractivity contribution < 1.29 is 9.18 Å². The third kappa shape index (κ3) is 1.75. The number of nitrogens with two attached hydrogens (primary N) is 1. The third-order valence-corrected chi connectivity index (χ3v) is 2.09. The number of aldehydes is 1. The average molecular weight is 217 g/mol. The van der Waals surface area contributed by atoms with E-state index in [-0.39, 0.29) is 22.8 Å². The van der Waals surface area contributed by atoms with Crippen LogP contribution in [-0.4, -0.2) is 16.3 Å². The molecule has 0 saturated heterocycles. The number of hydrogen-bond donors (Lipinski definition) is 1. The summed E-state index contributed by atoms with van der Waals surface area (Å²) in [4.78, 5) is 18.3. The minimum Gasteiger partial charge on any atom is -0.383 e. The van der Waals surface area contributed by atoms with Gasteiger partial charge in [0.1, 0.15) is 11.6 Å². The van der Waals surface area contributed by atoms with Gasteiger partial charge in [-0.05, 0) is 12.1 Å². The fraction of sp³-hybridized carbons (Fsp3) is 0. The Morgan fingerprint density at radius 1 is 1.31 bits per heavy atom. The van der Waals surface area contributed by atoms with E-state index in [2.05, 4.69) is 9.97 Å². The predicted molar refractivity (Wildman–Crippen MR) is 57.2 cm³/mol. The van der Waals surface area contributed by atoms with Crippen LogP contribution in [0.25, 0.3) is 11.4 Å². The Hall–Kier alpha value is -2.30. The van der Waals surface area contributed by atoms with Gasteiger partial charge in [0.05, 0.1) is 11.1 Å². The molecule has 16 heavy (non-hydrogen) atoms. The van der Waals surface area contributed by atoms with Gasteiger partial charge >= 0.3 is 0 Å². The van der Waals surface area contributed by atoms with Crippen LogP contribution in [0.15, 0.2) is 30.5 Å². The van der Waals surface area contributed by atoms with Crippen molar-refractivity contribution in [3.05, 3.63) is 41.8 Å². The van der Waals surface area contributed by atoms with Crippen molar-refractivity contribution in [1.29, 1.82) is 0 Å². The normalized spacial score (nSPS) is 10.1. The van der Waals surface area contributed by atoms with Crippen molar-refractivity contribution in [3.63, 3.8) is 0 Å². The first-order valence-electron chi connectivity index (χ1n) is 4.55. The standard InChI is InChI=1S/C11H8FN3O/c12-9-4-2-1-3-8(9)11-14-5-7(6-16)10(13)15-11/h1-6H,(H2,13,14,15).